The standard InChI is InChI=1S/C26H37N3O5/c1-17(2)13-14-21(23(31)27-20-12-8-10-18-9-6-7-11-19(18)20)28-24(32)22(15-16-30)29-25(33)34-26(3,4)5/h6-12,17,21-22,30H,13-16H2,1-5H3,(H,27,31)(H,28,32)(H,29,33). The molecule has 0 aliphatic rings. The van der Waals surface area contributed by atoms with Gasteiger partial charge in [-0.1, -0.05) is 50.2 Å². The molecule has 0 saturated heterocycles. The van der Waals surface area contributed by atoms with Crippen LogP contribution >= 0.6 is 0 Å². The molecule has 8 nitrogen and oxygen atoms in total. The largest absolute Gasteiger partial charge is 0.444 e. The molecule has 0 radical (unpaired) electrons. The van der Waals surface area contributed by atoms with E-state index >= 15 is 0 Å². The molecule has 0 fully saturated rings. The molecule has 0 bridgehead atoms. The van der Waals surface area contributed by atoms with Crippen LogP contribution in [-0.2, 0) is 14.3 Å². The van der Waals surface area contributed by atoms with Gasteiger partial charge in [0.15, 0.2) is 0 Å². The quantitative estimate of drug-likeness (QED) is 0.418. The van der Waals surface area contributed by atoms with Gasteiger partial charge in [0.2, 0.25) is 11.8 Å². The molecule has 0 heterocycles. The van der Waals surface area contributed by atoms with Crippen LogP contribution in [0.15, 0.2) is 42.5 Å². The Hall–Kier alpha value is -3.13. The first-order chi connectivity index (χ1) is 16.0. The molecule has 2 unspecified atom stereocenters. The molecule has 3 amide bonds. The van der Waals surface area contributed by atoms with Gasteiger partial charge in [-0.3, -0.25) is 9.59 Å². The molecule has 4 N–H and O–H groups in total. The van der Waals surface area contributed by atoms with Crippen LogP contribution in [0.1, 0.15) is 53.9 Å². The summed E-state index contributed by atoms with van der Waals surface area (Å²) in [5.74, 6) is -0.565. The van der Waals surface area contributed by atoms with E-state index in [1.165, 1.54) is 0 Å². The number of hydrogen-bond acceptors (Lipinski definition) is 5. The number of aliphatic hydroxyl groups excluding tert-OH is 1. The van der Waals surface area contributed by atoms with Crippen LogP contribution < -0.4 is 16.0 Å². The number of ether oxygens (including phenoxy) is 1. The number of benzene rings is 2. The predicted molar refractivity (Wildman–Crippen MR) is 133 cm³/mol. The van der Waals surface area contributed by atoms with E-state index < -0.39 is 29.7 Å². The minimum atomic E-state index is -1.04. The molecule has 0 saturated carbocycles. The second-order valence-electron chi connectivity index (χ2n) is 9.76. The van der Waals surface area contributed by atoms with E-state index in [1.54, 1.807) is 20.8 Å². The van der Waals surface area contributed by atoms with Crippen molar-refractivity contribution in [3.05, 3.63) is 42.5 Å². The van der Waals surface area contributed by atoms with Crippen molar-refractivity contribution in [2.45, 2.75) is 71.6 Å². The van der Waals surface area contributed by atoms with Crippen molar-refractivity contribution < 1.29 is 24.2 Å². The van der Waals surface area contributed by atoms with Gasteiger partial charge in [-0.15, -0.1) is 0 Å². The average molecular weight is 472 g/mol. The van der Waals surface area contributed by atoms with Crippen molar-refractivity contribution in [3.8, 4) is 0 Å². The fourth-order valence-electron chi connectivity index (χ4n) is 3.44. The van der Waals surface area contributed by atoms with E-state index in [4.69, 9.17) is 4.74 Å². The molecule has 0 aliphatic carbocycles. The molecule has 2 rings (SSSR count). The van der Waals surface area contributed by atoms with Gasteiger partial charge in [0.05, 0.1) is 0 Å². The highest BCUT2D eigenvalue weighted by Crippen LogP contribution is 2.23. The Labute approximate surface area is 201 Å². The Morgan fingerprint density at radius 2 is 1.53 bits per heavy atom. The molecule has 186 valence electrons. The normalized spacial score (nSPS) is 13.3. The van der Waals surface area contributed by atoms with Gasteiger partial charge in [0, 0.05) is 17.7 Å². The minimum Gasteiger partial charge on any atom is -0.444 e. The smallest absolute Gasteiger partial charge is 0.408 e. The van der Waals surface area contributed by atoms with Gasteiger partial charge >= 0.3 is 6.09 Å². The molecule has 2 atom stereocenters. The average Bonchev–Trinajstić information content (AvgIpc) is 2.75. The molecular formula is C26H37N3O5. The summed E-state index contributed by atoms with van der Waals surface area (Å²) in [6.07, 6.45) is 0.378. The third kappa shape index (κ3) is 8.67. The van der Waals surface area contributed by atoms with Crippen LogP contribution in [0.4, 0.5) is 10.5 Å². The molecule has 0 spiro atoms. The zero-order chi connectivity index (χ0) is 25.3. The number of amides is 3. The molecule has 0 aromatic heterocycles. The first-order valence-corrected chi connectivity index (χ1v) is 11.7. The summed E-state index contributed by atoms with van der Waals surface area (Å²) in [6, 6.07) is 11.5. The summed E-state index contributed by atoms with van der Waals surface area (Å²) in [4.78, 5) is 38.4. The van der Waals surface area contributed by atoms with E-state index in [-0.39, 0.29) is 18.9 Å². The number of aliphatic hydroxyl groups is 1. The first kappa shape index (κ1) is 27.1. The third-order valence-electron chi connectivity index (χ3n) is 5.14. The van der Waals surface area contributed by atoms with Crippen molar-refractivity contribution in [3.63, 3.8) is 0 Å². The molecule has 0 aliphatic heterocycles. The number of carbonyl (C=O) groups is 3. The highest BCUT2D eigenvalue weighted by molar-refractivity contribution is 6.05. The van der Waals surface area contributed by atoms with E-state index in [0.717, 1.165) is 17.2 Å². The summed E-state index contributed by atoms with van der Waals surface area (Å²) in [5.41, 5.74) is -0.0756. The van der Waals surface area contributed by atoms with Gasteiger partial charge in [-0.2, -0.15) is 0 Å². The van der Waals surface area contributed by atoms with Crippen LogP contribution in [0.2, 0.25) is 0 Å². The lowest BCUT2D eigenvalue weighted by Gasteiger charge is -2.25. The van der Waals surface area contributed by atoms with E-state index in [1.807, 2.05) is 56.3 Å². The Morgan fingerprint density at radius 1 is 0.882 bits per heavy atom. The van der Waals surface area contributed by atoms with Gasteiger partial charge in [0.25, 0.3) is 0 Å². The van der Waals surface area contributed by atoms with E-state index in [0.29, 0.717) is 18.0 Å². The molecule has 2 aromatic rings. The Morgan fingerprint density at radius 3 is 2.18 bits per heavy atom. The van der Waals surface area contributed by atoms with Crippen LogP contribution in [0.5, 0.6) is 0 Å². The zero-order valence-corrected chi connectivity index (χ0v) is 20.7. The maximum absolute atomic E-state index is 13.2. The minimum absolute atomic E-state index is 0.00703. The maximum atomic E-state index is 13.2. The van der Waals surface area contributed by atoms with Crippen molar-refractivity contribution in [1.29, 1.82) is 0 Å². The van der Waals surface area contributed by atoms with Crippen LogP contribution in [0.25, 0.3) is 10.8 Å². The lowest BCUT2D eigenvalue weighted by molar-refractivity contribution is -0.128. The second kappa shape index (κ2) is 12.4. The monoisotopic (exact) mass is 471 g/mol. The van der Waals surface area contributed by atoms with Crippen molar-refractivity contribution in [2.75, 3.05) is 11.9 Å². The van der Waals surface area contributed by atoms with Crippen LogP contribution in [0, 0.1) is 5.92 Å². The maximum Gasteiger partial charge on any atom is 0.408 e. The highest BCUT2D eigenvalue weighted by Gasteiger charge is 2.28. The number of nitrogens with one attached hydrogen (secondary N) is 3. The summed E-state index contributed by atoms with van der Waals surface area (Å²) in [7, 11) is 0. The fraction of sp³-hybridized carbons (Fsp3) is 0.500. The number of rotatable bonds is 10. The van der Waals surface area contributed by atoms with Crippen molar-refractivity contribution >= 4 is 34.4 Å². The number of anilines is 1. The number of fused-ring (bicyclic) bond motifs is 1. The summed E-state index contributed by atoms with van der Waals surface area (Å²) in [5, 5.41) is 19.5. The zero-order valence-electron chi connectivity index (χ0n) is 20.7. The molecule has 8 heteroatoms. The van der Waals surface area contributed by atoms with Crippen LogP contribution in [0.3, 0.4) is 0 Å². The molecule has 2 aromatic carbocycles. The van der Waals surface area contributed by atoms with Gasteiger partial charge in [0.1, 0.15) is 17.7 Å². The highest BCUT2D eigenvalue weighted by atomic mass is 16.6. The van der Waals surface area contributed by atoms with Crippen molar-refractivity contribution in [2.24, 2.45) is 5.92 Å². The number of carbonyl (C=O) groups excluding carboxylic acids is 3. The SMILES string of the molecule is CC(C)CCC(NC(=O)C(CCO)NC(=O)OC(C)(C)C)C(=O)Nc1cccc2ccccc12. The molecular weight excluding hydrogens is 434 g/mol. The summed E-state index contributed by atoms with van der Waals surface area (Å²) in [6.45, 7) is 8.92. The van der Waals surface area contributed by atoms with E-state index in [9.17, 15) is 19.5 Å². The third-order valence-corrected chi connectivity index (χ3v) is 5.14. The first-order valence-electron chi connectivity index (χ1n) is 11.7. The number of hydrogen-bond donors (Lipinski definition) is 4. The fourth-order valence-corrected chi connectivity index (χ4v) is 3.44. The number of alkyl carbamates (subject to hydrolysis) is 1. The van der Waals surface area contributed by atoms with Gasteiger partial charge in [-0.05, 0) is 57.4 Å². The van der Waals surface area contributed by atoms with Crippen molar-refractivity contribution in [1.82, 2.24) is 10.6 Å². The van der Waals surface area contributed by atoms with E-state index in [2.05, 4.69) is 16.0 Å². The summed E-state index contributed by atoms with van der Waals surface area (Å²) >= 11 is 0. The van der Waals surface area contributed by atoms with Crippen LogP contribution in [-0.4, -0.2) is 47.3 Å². The van der Waals surface area contributed by atoms with Gasteiger partial charge in [-0.25, -0.2) is 4.79 Å². The molecule has 34 heavy (non-hydrogen) atoms. The Balaban J connectivity index is 2.17. The lowest BCUT2D eigenvalue weighted by atomic mass is 10.0. The summed E-state index contributed by atoms with van der Waals surface area (Å²) < 4.78 is 5.23. The second-order valence-corrected chi connectivity index (χ2v) is 9.76. The Bertz CT molecular complexity index is 979. The Kier molecular flexibility index (Phi) is 9.86. The van der Waals surface area contributed by atoms with Gasteiger partial charge < -0.3 is 25.8 Å². The lowest BCUT2D eigenvalue weighted by Crippen LogP contribution is -2.53. The predicted octanol–water partition coefficient (Wildman–Crippen LogP) is 3.98. The topological polar surface area (TPSA) is 117 Å².